The number of nitrogens with one attached hydrogen (secondary N) is 2. The Morgan fingerprint density at radius 3 is 3.00 bits per heavy atom. The van der Waals surface area contributed by atoms with E-state index >= 15 is 0 Å². The molecule has 1 aromatic carbocycles. The van der Waals surface area contributed by atoms with Crippen molar-refractivity contribution in [1.82, 2.24) is 5.43 Å². The Bertz CT molecular complexity index is 338. The molecule has 0 spiro atoms. The van der Waals surface area contributed by atoms with Crippen LogP contribution < -0.4 is 16.3 Å². The molecule has 5 heteroatoms. The van der Waals surface area contributed by atoms with Gasteiger partial charge in [0, 0.05) is 10.6 Å². The number of hydrazone groups is 1. The summed E-state index contributed by atoms with van der Waals surface area (Å²) in [5, 5.41) is 3.61. The van der Waals surface area contributed by atoms with Gasteiger partial charge in [-0.1, -0.05) is 17.7 Å². The van der Waals surface area contributed by atoms with Crippen molar-refractivity contribution < 1.29 is 5.10 Å². The minimum atomic E-state index is 0.193. The molecule has 1 aromatic rings. The van der Waals surface area contributed by atoms with Gasteiger partial charge in [-0.25, -0.2) is 0 Å². The summed E-state index contributed by atoms with van der Waals surface area (Å²) in [6, 6.07) is 7.38. The van der Waals surface area contributed by atoms with Crippen LogP contribution in [0.25, 0.3) is 0 Å². The molecule has 0 unspecified atom stereocenters. The summed E-state index contributed by atoms with van der Waals surface area (Å²) >= 11 is 10.4. The Hall–Kier alpha value is -1.13. The fraction of sp³-hybridized carbons (Fsp3) is 0. The Labute approximate surface area is 86.6 Å². The predicted molar refractivity (Wildman–Crippen MR) is 57.5 cm³/mol. The van der Waals surface area contributed by atoms with Crippen LogP contribution in [-0.4, -0.2) is 11.3 Å². The quantitative estimate of drug-likeness (QED) is 0.357. The number of benzene rings is 1. The lowest BCUT2D eigenvalue weighted by molar-refractivity contribution is -0.499. The SMILES string of the molecule is NC(=S)N[NH+]=Cc1cccc(Cl)c1. The standard InChI is InChI=1S/C8H8ClN3S/c9-7-3-1-2-6(4-7)5-11-12-8(10)13/h1-5H,(H3,10,12,13)/p+1. The summed E-state index contributed by atoms with van der Waals surface area (Å²) in [5.41, 5.74) is 8.71. The zero-order valence-corrected chi connectivity index (χ0v) is 8.32. The van der Waals surface area contributed by atoms with Crippen LogP contribution in [0.2, 0.25) is 5.02 Å². The largest absolute Gasteiger partial charge is 0.372 e. The second-order valence-corrected chi connectivity index (χ2v) is 3.21. The Morgan fingerprint density at radius 1 is 1.62 bits per heavy atom. The van der Waals surface area contributed by atoms with Gasteiger partial charge in [0.1, 0.15) is 0 Å². The summed E-state index contributed by atoms with van der Waals surface area (Å²) in [5.74, 6) is 0. The molecule has 1 rings (SSSR count). The number of hydrogen-bond acceptors (Lipinski definition) is 1. The van der Waals surface area contributed by atoms with E-state index in [1.807, 2.05) is 18.2 Å². The van der Waals surface area contributed by atoms with Crippen LogP contribution in [-0.2, 0) is 0 Å². The molecule has 68 valence electrons. The first-order valence-corrected chi connectivity index (χ1v) is 4.37. The normalized spacial score (nSPS) is 10.2. The van der Waals surface area contributed by atoms with Gasteiger partial charge >= 0.3 is 0 Å². The van der Waals surface area contributed by atoms with Crippen molar-refractivity contribution >= 4 is 35.1 Å². The van der Waals surface area contributed by atoms with Crippen molar-refractivity contribution in [3.8, 4) is 0 Å². The minimum Gasteiger partial charge on any atom is -0.372 e. The monoisotopic (exact) mass is 214 g/mol. The lowest BCUT2D eigenvalue weighted by Crippen LogP contribution is -2.82. The molecule has 3 nitrogen and oxygen atoms in total. The van der Waals surface area contributed by atoms with Gasteiger partial charge in [0.2, 0.25) is 5.11 Å². The molecule has 0 heterocycles. The van der Waals surface area contributed by atoms with E-state index in [0.717, 1.165) is 5.56 Å². The molecule has 0 aliphatic carbocycles. The summed E-state index contributed by atoms with van der Waals surface area (Å²) in [7, 11) is 0. The van der Waals surface area contributed by atoms with Gasteiger partial charge in [0.25, 0.3) is 0 Å². The molecule has 0 bridgehead atoms. The fourth-order valence-corrected chi connectivity index (χ4v) is 1.04. The topological polar surface area (TPSA) is 52.0 Å². The second kappa shape index (κ2) is 4.79. The van der Waals surface area contributed by atoms with Gasteiger partial charge in [-0.05, 0) is 30.4 Å². The van der Waals surface area contributed by atoms with E-state index in [1.54, 1.807) is 12.3 Å². The lowest BCUT2D eigenvalue weighted by Gasteiger charge is -1.90. The van der Waals surface area contributed by atoms with Crippen LogP contribution in [0, 0.1) is 0 Å². The average Bonchev–Trinajstić information content (AvgIpc) is 2.03. The highest BCUT2D eigenvalue weighted by atomic mass is 35.5. The van der Waals surface area contributed by atoms with Crippen molar-refractivity contribution in [2.24, 2.45) is 5.73 Å². The highest BCUT2D eigenvalue weighted by Gasteiger charge is 1.92. The molecule has 0 atom stereocenters. The van der Waals surface area contributed by atoms with Gasteiger partial charge < -0.3 is 5.73 Å². The third kappa shape index (κ3) is 3.87. The van der Waals surface area contributed by atoms with E-state index < -0.39 is 0 Å². The van der Waals surface area contributed by atoms with Crippen LogP contribution in [0.4, 0.5) is 0 Å². The first-order chi connectivity index (χ1) is 6.18. The molecule has 0 amide bonds. The van der Waals surface area contributed by atoms with Gasteiger partial charge in [0.05, 0.1) is 0 Å². The number of hydrogen-bond donors (Lipinski definition) is 3. The Balaban J connectivity index is 2.63. The maximum atomic E-state index is 5.77. The lowest BCUT2D eigenvalue weighted by atomic mass is 10.2. The van der Waals surface area contributed by atoms with Gasteiger partial charge in [-0.15, -0.1) is 10.5 Å². The van der Waals surface area contributed by atoms with Crippen LogP contribution in [0.5, 0.6) is 0 Å². The fourth-order valence-electron chi connectivity index (χ4n) is 0.787. The van der Waals surface area contributed by atoms with Crippen molar-refractivity contribution in [3.05, 3.63) is 34.9 Å². The molecule has 4 N–H and O–H groups in total. The van der Waals surface area contributed by atoms with Gasteiger partial charge in [0.15, 0.2) is 6.21 Å². The zero-order valence-electron chi connectivity index (χ0n) is 6.75. The van der Waals surface area contributed by atoms with Gasteiger partial charge in [-0.3, -0.25) is 0 Å². The predicted octanol–water partition coefficient (Wildman–Crippen LogP) is -0.412. The van der Waals surface area contributed by atoms with Crippen molar-refractivity contribution in [1.29, 1.82) is 0 Å². The van der Waals surface area contributed by atoms with E-state index in [9.17, 15) is 0 Å². The van der Waals surface area contributed by atoms with E-state index in [0.29, 0.717) is 5.02 Å². The van der Waals surface area contributed by atoms with Crippen molar-refractivity contribution in [2.45, 2.75) is 0 Å². The third-order valence-corrected chi connectivity index (χ3v) is 1.62. The first-order valence-electron chi connectivity index (χ1n) is 3.58. The highest BCUT2D eigenvalue weighted by Crippen LogP contribution is 2.07. The molecular formula is C8H9ClN3S+. The molecule has 0 radical (unpaired) electrons. The van der Waals surface area contributed by atoms with Crippen LogP contribution >= 0.6 is 23.8 Å². The molecule has 0 aromatic heterocycles. The molecule has 13 heavy (non-hydrogen) atoms. The highest BCUT2D eigenvalue weighted by molar-refractivity contribution is 7.80. The van der Waals surface area contributed by atoms with Crippen LogP contribution in [0.3, 0.4) is 0 Å². The Kier molecular flexibility index (Phi) is 3.67. The molecule has 0 fully saturated rings. The van der Waals surface area contributed by atoms with E-state index in [-0.39, 0.29) is 5.11 Å². The van der Waals surface area contributed by atoms with Gasteiger partial charge in [-0.2, -0.15) is 0 Å². The minimum absolute atomic E-state index is 0.193. The number of rotatable bonds is 2. The average molecular weight is 215 g/mol. The molecule has 0 saturated carbocycles. The zero-order chi connectivity index (χ0) is 9.68. The number of hydrazine groups is 1. The second-order valence-electron chi connectivity index (χ2n) is 2.33. The molecule has 0 saturated heterocycles. The maximum Gasteiger partial charge on any atom is 0.221 e. The van der Waals surface area contributed by atoms with Crippen LogP contribution in [0.15, 0.2) is 24.3 Å². The number of thiocarbonyl (C=S) groups is 1. The molecule has 0 aliphatic heterocycles. The summed E-state index contributed by atoms with van der Waals surface area (Å²) < 4.78 is 0. The molecule has 0 aliphatic rings. The van der Waals surface area contributed by atoms with E-state index in [4.69, 9.17) is 17.3 Å². The molecular weight excluding hydrogens is 206 g/mol. The summed E-state index contributed by atoms with van der Waals surface area (Å²) in [4.78, 5) is 0. The first kappa shape index (κ1) is 9.95. The van der Waals surface area contributed by atoms with Crippen molar-refractivity contribution in [2.75, 3.05) is 0 Å². The maximum absolute atomic E-state index is 5.77. The third-order valence-electron chi connectivity index (χ3n) is 1.28. The van der Waals surface area contributed by atoms with Crippen molar-refractivity contribution in [3.63, 3.8) is 0 Å². The van der Waals surface area contributed by atoms with Crippen LogP contribution in [0.1, 0.15) is 5.56 Å². The number of halogens is 1. The van der Waals surface area contributed by atoms with E-state index in [1.165, 1.54) is 0 Å². The number of nitrogens with two attached hydrogens (primary N) is 1. The summed E-state index contributed by atoms with van der Waals surface area (Å²) in [6.45, 7) is 0. The Morgan fingerprint density at radius 2 is 2.38 bits per heavy atom. The van der Waals surface area contributed by atoms with E-state index in [2.05, 4.69) is 22.7 Å². The summed E-state index contributed by atoms with van der Waals surface area (Å²) in [6.07, 6.45) is 1.71. The smallest absolute Gasteiger partial charge is 0.221 e.